The van der Waals surface area contributed by atoms with E-state index in [1.54, 1.807) is 0 Å². The van der Waals surface area contributed by atoms with Crippen LogP contribution >= 0.6 is 0 Å². The number of methoxy groups -OCH3 is 1. The lowest BCUT2D eigenvalue weighted by Crippen LogP contribution is -1.79. The summed E-state index contributed by atoms with van der Waals surface area (Å²) in [6.07, 6.45) is -0.740. The number of ether oxygens (including phenoxy) is 1. The van der Waals surface area contributed by atoms with Gasteiger partial charge in [0.1, 0.15) is 1.37 Å². The van der Waals surface area contributed by atoms with Gasteiger partial charge in [0.25, 0.3) is 0 Å². The van der Waals surface area contributed by atoms with Crippen molar-refractivity contribution in [1.29, 1.82) is 0 Å². The van der Waals surface area contributed by atoms with Crippen LogP contribution in [0, 0.1) is 0 Å². The summed E-state index contributed by atoms with van der Waals surface area (Å²) in [6, 6.07) is -0.933. The van der Waals surface area contributed by atoms with Gasteiger partial charge < -0.3 is 4.74 Å². The average Bonchev–Trinajstić information content (AvgIpc) is 1.98. The van der Waals surface area contributed by atoms with E-state index < -0.39 is 24.9 Å². The molecule has 2 nitrogen and oxygen atoms in total. The summed E-state index contributed by atoms with van der Waals surface area (Å²) in [5, 5.41) is 0. The van der Waals surface area contributed by atoms with E-state index >= 15 is 0 Å². The fourth-order valence-corrected chi connectivity index (χ4v) is 0.0974. The zero-order chi connectivity index (χ0) is 9.94. The van der Waals surface area contributed by atoms with Gasteiger partial charge in [0.15, 0.2) is 5.78 Å². The number of hydrogen-bond acceptors (Lipinski definition) is 2. The van der Waals surface area contributed by atoms with Crippen molar-refractivity contribution in [1.82, 2.24) is 0 Å². The minimum absolute atomic E-state index is 0.740. The van der Waals surface area contributed by atoms with Gasteiger partial charge in [-0.25, -0.2) is 0 Å². The van der Waals surface area contributed by atoms with Gasteiger partial charge in [0.2, 0.25) is 0 Å². The van der Waals surface area contributed by atoms with E-state index in [1.807, 2.05) is 0 Å². The summed E-state index contributed by atoms with van der Waals surface area (Å²) in [5.74, 6) is -1.38. The Morgan fingerprint density at radius 3 is 3.29 bits per heavy atom. The van der Waals surface area contributed by atoms with Crippen LogP contribution in [0.5, 0.6) is 0 Å². The number of hydrogen-bond donors (Lipinski definition) is 0. The van der Waals surface area contributed by atoms with E-state index in [0.29, 0.717) is 0 Å². The van der Waals surface area contributed by atoms with Crippen LogP contribution in [0.2, 0.25) is 0 Å². The first-order valence-electron chi connectivity index (χ1n) is 4.07. The van der Waals surface area contributed by atoms with Gasteiger partial charge in [-0.2, -0.15) is 0 Å². The molecule has 0 spiro atoms. The van der Waals surface area contributed by atoms with Crippen molar-refractivity contribution in [2.45, 2.75) is 6.85 Å². The molecular weight excluding hydrogens is 92.1 g/mol. The van der Waals surface area contributed by atoms with Crippen LogP contribution in [-0.2, 0) is 9.53 Å². The largest absolute Gasteiger partial charge is 0.504 e. The first kappa shape index (κ1) is 1.62. The van der Waals surface area contributed by atoms with Crippen molar-refractivity contribution in [2.75, 3.05) is 7.11 Å². The summed E-state index contributed by atoms with van der Waals surface area (Å²) < 4.78 is 37.8. The Kier molecular flexibility index (Phi) is 0.786. The second kappa shape index (κ2) is 3.40. The highest BCUT2D eigenvalue weighted by atomic mass is 16.5. The maximum absolute atomic E-state index is 10.8. The molecule has 7 heavy (non-hydrogen) atoms. The van der Waals surface area contributed by atoms with E-state index in [-0.39, 0.29) is 0 Å². The lowest BCUT2D eigenvalue weighted by Gasteiger charge is -1.80. The molecule has 0 atom stereocenters. The fourth-order valence-electron chi connectivity index (χ4n) is 0.0974. The Balaban J connectivity index is 4.74. The van der Waals surface area contributed by atoms with Crippen LogP contribution in [-0.4, -0.2) is 12.9 Å². The normalized spacial score (nSPS) is 24.4. The first-order chi connectivity index (χ1) is 5.30. The predicted molar refractivity (Wildman–Crippen MR) is 26.8 cm³/mol. The fraction of sp³-hybridized carbons (Fsp3) is 0.400. The molecule has 0 amide bonds. The molecule has 0 rings (SSSR count). The SMILES string of the molecule is [2H]/C(OC)=C(\[2H])C(=O)C([2H])([2H])[2H]. The number of carbonyl (C=O) groups excluding carboxylic acids is 1. The summed E-state index contributed by atoms with van der Waals surface area (Å²) in [5.41, 5.74) is 0. The topological polar surface area (TPSA) is 26.3 Å². The Bertz CT molecular complexity index is 216. The molecule has 0 aliphatic carbocycles. The maximum Gasteiger partial charge on any atom is 0.155 e. The highest BCUT2D eigenvalue weighted by Crippen LogP contribution is 1.72. The second-order valence-electron chi connectivity index (χ2n) is 0.760. The summed E-state index contributed by atoms with van der Waals surface area (Å²) >= 11 is 0. The Labute approximate surface area is 49.8 Å². The molecule has 0 saturated carbocycles. The summed E-state index contributed by atoms with van der Waals surface area (Å²) in [7, 11) is 1.09. The Morgan fingerprint density at radius 2 is 2.86 bits per heavy atom. The minimum atomic E-state index is -2.87. The van der Waals surface area contributed by atoms with Crippen molar-refractivity contribution in [3.63, 3.8) is 0 Å². The molecule has 0 aliphatic heterocycles. The van der Waals surface area contributed by atoms with Crippen molar-refractivity contribution >= 4 is 5.78 Å². The molecule has 0 bridgehead atoms. The van der Waals surface area contributed by atoms with E-state index in [2.05, 4.69) is 4.74 Å². The second-order valence-corrected chi connectivity index (χ2v) is 0.760. The minimum Gasteiger partial charge on any atom is -0.504 e. The molecule has 40 valence electrons. The van der Waals surface area contributed by atoms with Crippen molar-refractivity contribution in [2.24, 2.45) is 0 Å². The van der Waals surface area contributed by atoms with E-state index in [4.69, 9.17) is 6.85 Å². The molecule has 0 fully saturated rings. The zero-order valence-electron chi connectivity index (χ0n) is 8.82. The van der Waals surface area contributed by atoms with Gasteiger partial charge in [-0.05, 0) is 6.85 Å². The summed E-state index contributed by atoms with van der Waals surface area (Å²) in [4.78, 5) is 10.8. The lowest BCUT2D eigenvalue weighted by molar-refractivity contribution is -0.112. The number of carbonyl (C=O) groups is 1. The van der Waals surface area contributed by atoms with Crippen molar-refractivity contribution in [3.05, 3.63) is 12.3 Å². The van der Waals surface area contributed by atoms with E-state index in [0.717, 1.165) is 7.11 Å². The van der Waals surface area contributed by atoms with Crippen molar-refractivity contribution < 1.29 is 16.4 Å². The molecule has 2 heteroatoms. The third-order valence-corrected chi connectivity index (χ3v) is 0.267. The first-order valence-corrected chi connectivity index (χ1v) is 1.57. The third-order valence-electron chi connectivity index (χ3n) is 0.267. The quantitative estimate of drug-likeness (QED) is 0.382. The van der Waals surface area contributed by atoms with Gasteiger partial charge in [0.05, 0.1) is 14.7 Å². The van der Waals surface area contributed by atoms with E-state index in [9.17, 15) is 4.79 Å². The van der Waals surface area contributed by atoms with Gasteiger partial charge in [-0.3, -0.25) is 4.79 Å². The van der Waals surface area contributed by atoms with Gasteiger partial charge in [0, 0.05) is 10.2 Å². The van der Waals surface area contributed by atoms with Crippen LogP contribution in [0.4, 0.5) is 0 Å². The standard InChI is InChI=1S/C5H8O2/c1-5(6)3-4-7-2/h3-4H,1-2H3/b4-3-/i1D3,3D,4D. The van der Waals surface area contributed by atoms with Crippen LogP contribution in [0.15, 0.2) is 12.3 Å². The molecule has 0 unspecified atom stereocenters. The maximum atomic E-state index is 10.8. The molecule has 0 radical (unpaired) electrons. The van der Waals surface area contributed by atoms with Crippen LogP contribution in [0.1, 0.15) is 13.7 Å². The highest BCUT2D eigenvalue weighted by molar-refractivity contribution is 5.86. The number of ketones is 1. The number of allylic oxidation sites excluding steroid dienone is 1. The van der Waals surface area contributed by atoms with Gasteiger partial charge >= 0.3 is 0 Å². The average molecular weight is 105 g/mol. The van der Waals surface area contributed by atoms with Crippen LogP contribution in [0.25, 0.3) is 0 Å². The monoisotopic (exact) mass is 105 g/mol. The predicted octanol–water partition coefficient (Wildman–Crippen LogP) is 0.736. The smallest absolute Gasteiger partial charge is 0.155 e. The number of rotatable bonds is 2. The molecular formula is C5H8O2. The van der Waals surface area contributed by atoms with Crippen LogP contribution < -0.4 is 0 Å². The highest BCUT2D eigenvalue weighted by Gasteiger charge is 1.76. The van der Waals surface area contributed by atoms with Gasteiger partial charge in [-0.15, -0.1) is 0 Å². The van der Waals surface area contributed by atoms with Crippen molar-refractivity contribution in [3.8, 4) is 0 Å². The molecule has 0 heterocycles. The molecule has 0 N–H and O–H groups in total. The molecule has 0 aromatic heterocycles. The third kappa shape index (κ3) is 5.21. The molecule has 0 aromatic rings. The summed E-state index contributed by atoms with van der Waals surface area (Å²) in [6.45, 7) is -2.87. The Hall–Kier alpha value is -0.790. The Morgan fingerprint density at radius 1 is 2.14 bits per heavy atom. The van der Waals surface area contributed by atoms with Gasteiger partial charge in [-0.1, -0.05) is 0 Å². The van der Waals surface area contributed by atoms with Crippen LogP contribution in [0.3, 0.4) is 0 Å². The zero-order valence-corrected chi connectivity index (χ0v) is 3.82. The van der Waals surface area contributed by atoms with E-state index in [1.165, 1.54) is 0 Å². The molecule has 0 aromatic carbocycles. The molecule has 0 aliphatic rings. The molecule has 0 saturated heterocycles. The lowest BCUT2D eigenvalue weighted by atomic mass is 10.4.